The summed E-state index contributed by atoms with van der Waals surface area (Å²) in [6.07, 6.45) is 0. The Bertz CT molecular complexity index is 234. The maximum absolute atomic E-state index is 10.9. The average Bonchev–Trinajstić information content (AvgIpc) is 1.92. The highest BCUT2D eigenvalue weighted by Crippen LogP contribution is 2.55. The van der Waals surface area contributed by atoms with Crippen LogP contribution < -0.4 is 0 Å². The van der Waals surface area contributed by atoms with Crippen LogP contribution in [0.4, 0.5) is 0 Å². The molecule has 12 radical (unpaired) electrons. The molecule has 0 aromatic heterocycles. The highest BCUT2D eigenvalue weighted by atomic mass is 16.6. The molecule has 12 heavy (non-hydrogen) atoms. The quantitative estimate of drug-likeness (QED) is 0.277. The van der Waals surface area contributed by atoms with Gasteiger partial charge in [-0.15, -0.1) is 0 Å². The number of hydrogen-bond donors (Lipinski definition) is 0. The van der Waals surface area contributed by atoms with E-state index >= 15 is 0 Å². The molecule has 2 nitrogen and oxygen atoms in total. The van der Waals surface area contributed by atoms with Gasteiger partial charge < -0.3 is 4.74 Å². The molecule has 46 valence electrons. The third-order valence-electron chi connectivity index (χ3n) is 1.93. The van der Waals surface area contributed by atoms with Crippen molar-refractivity contribution in [2.24, 2.45) is 0 Å². The van der Waals surface area contributed by atoms with Gasteiger partial charge in [0, 0.05) is 5.40 Å². The molecule has 1 aliphatic heterocycles. The molecule has 0 unspecified atom stereocenters. The van der Waals surface area contributed by atoms with Gasteiger partial charge in [0.05, 0.1) is 31.4 Å². The number of rotatable bonds is 0. The minimum absolute atomic E-state index is 1.03. The van der Waals surface area contributed by atoms with Gasteiger partial charge in [-0.2, -0.15) is 0 Å². The van der Waals surface area contributed by atoms with Crippen LogP contribution in [0, 0.1) is 0 Å². The Hall–Kier alpha value is -0.140. The summed E-state index contributed by atoms with van der Waals surface area (Å²) < 4.78 is 4.40. The Balaban J connectivity index is 3.19. The van der Waals surface area contributed by atoms with E-state index in [1.54, 1.807) is 0 Å². The predicted octanol–water partition coefficient (Wildman–Crippen LogP) is -2.56. The van der Waals surface area contributed by atoms with Gasteiger partial charge in [0.2, 0.25) is 0 Å². The van der Waals surface area contributed by atoms with Gasteiger partial charge in [-0.1, -0.05) is 5.21 Å². The number of carbonyl (C=O) groups is 1. The maximum atomic E-state index is 10.9. The van der Waals surface area contributed by atoms with E-state index in [1.807, 2.05) is 0 Å². The largest absolute Gasteiger partial charge is 0.481 e. The smallest absolute Gasteiger partial charge is 0.292 e. The van der Waals surface area contributed by atoms with Gasteiger partial charge in [0.25, 0.3) is 5.97 Å². The fourth-order valence-electron chi connectivity index (χ4n) is 0.814. The molecule has 0 bridgehead atoms. The van der Waals surface area contributed by atoms with Gasteiger partial charge >= 0.3 is 0 Å². The Kier molecular flexibility index (Phi) is 1.83. The molecule has 0 N–H and O–H groups in total. The fourth-order valence-corrected chi connectivity index (χ4v) is 0.814. The first-order valence-electron chi connectivity index (χ1n) is 3.09. The Morgan fingerprint density at radius 2 is 1.42 bits per heavy atom. The summed E-state index contributed by atoms with van der Waals surface area (Å²) in [5.74, 6) is -1.03. The minimum Gasteiger partial charge on any atom is -0.481 e. The summed E-state index contributed by atoms with van der Waals surface area (Å²) >= 11 is 0. The van der Waals surface area contributed by atoms with E-state index in [9.17, 15) is 4.79 Å². The number of esters is 1. The highest BCUT2D eigenvalue weighted by molar-refractivity contribution is 6.67. The van der Waals surface area contributed by atoms with Gasteiger partial charge in [-0.05, 0) is 5.21 Å². The van der Waals surface area contributed by atoms with Crippen molar-refractivity contribution in [3.63, 3.8) is 0 Å². The van der Waals surface area contributed by atoms with E-state index in [1.165, 1.54) is 0 Å². The molecule has 0 aromatic carbocycles. The molecule has 1 heterocycles. The van der Waals surface area contributed by atoms with Crippen LogP contribution >= 0.6 is 0 Å². The van der Waals surface area contributed by atoms with Crippen LogP contribution in [-0.4, -0.2) is 58.4 Å². The molecule has 1 aliphatic rings. The molecule has 8 heteroatoms. The minimum atomic E-state index is -2.07. The Labute approximate surface area is 79.0 Å². The first-order valence-corrected chi connectivity index (χ1v) is 3.09. The second kappa shape index (κ2) is 2.21. The van der Waals surface area contributed by atoms with Crippen LogP contribution in [-0.2, 0) is 9.53 Å². The van der Waals surface area contributed by atoms with Crippen LogP contribution in [0.5, 0.6) is 0 Å². The summed E-state index contributed by atoms with van der Waals surface area (Å²) in [6.45, 7) is 0. The Morgan fingerprint density at radius 3 is 1.50 bits per heavy atom. The van der Waals surface area contributed by atoms with Crippen LogP contribution in [0.1, 0.15) is 0 Å². The normalized spacial score (nSPS) is 29.5. The molecular formula is C4B6O2. The van der Waals surface area contributed by atoms with E-state index in [0.717, 1.165) is 0 Å². The summed E-state index contributed by atoms with van der Waals surface area (Å²) in [5, 5.41) is -6.12. The zero-order valence-corrected chi connectivity index (χ0v) is 6.28. The lowest BCUT2D eigenvalue weighted by Gasteiger charge is -2.42. The van der Waals surface area contributed by atoms with Gasteiger partial charge in [0.1, 0.15) is 15.7 Å². The van der Waals surface area contributed by atoms with Gasteiger partial charge in [-0.25, -0.2) is 0 Å². The van der Waals surface area contributed by atoms with Crippen molar-refractivity contribution in [2.75, 3.05) is 0 Å². The summed E-state index contributed by atoms with van der Waals surface area (Å²) in [7, 11) is 31.7. The van der Waals surface area contributed by atoms with E-state index in [-0.39, 0.29) is 0 Å². The summed E-state index contributed by atoms with van der Waals surface area (Å²) in [4.78, 5) is 10.9. The number of carbonyl (C=O) groups excluding carboxylic acids is 1. The summed E-state index contributed by atoms with van der Waals surface area (Å²) in [6, 6.07) is 0. The van der Waals surface area contributed by atoms with Crippen LogP contribution in [0.15, 0.2) is 0 Å². The van der Waals surface area contributed by atoms with Crippen LogP contribution in [0.2, 0.25) is 10.4 Å². The third kappa shape index (κ3) is 0.929. The maximum Gasteiger partial charge on any atom is 0.292 e. The van der Waals surface area contributed by atoms with Crippen molar-refractivity contribution in [1.82, 2.24) is 0 Å². The number of cyclic esters (lactones) is 1. The van der Waals surface area contributed by atoms with Gasteiger partial charge in [0.15, 0.2) is 0 Å². The SMILES string of the molecule is [B]C1([B])OC(=O)C([B])([B])C1([B])[B]. The van der Waals surface area contributed by atoms with Gasteiger partial charge in [-0.3, -0.25) is 4.79 Å². The second-order valence-corrected chi connectivity index (χ2v) is 2.92. The van der Waals surface area contributed by atoms with Crippen molar-refractivity contribution < 1.29 is 9.53 Å². The van der Waals surface area contributed by atoms with Crippen LogP contribution in [0.25, 0.3) is 0 Å². The molecule has 0 aromatic rings. The lowest BCUT2D eigenvalue weighted by molar-refractivity contribution is -0.141. The van der Waals surface area contributed by atoms with E-state index in [4.69, 9.17) is 47.1 Å². The fraction of sp³-hybridized carbons (Fsp3) is 0.750. The molecule has 1 saturated heterocycles. The lowest BCUT2D eigenvalue weighted by Crippen LogP contribution is -2.47. The first-order chi connectivity index (χ1) is 5.13. The molecule has 0 amide bonds. The van der Waals surface area contributed by atoms with E-state index in [2.05, 4.69) is 4.74 Å². The van der Waals surface area contributed by atoms with Crippen molar-refractivity contribution in [2.45, 2.75) is 15.8 Å². The zero-order valence-electron chi connectivity index (χ0n) is 6.28. The lowest BCUT2D eigenvalue weighted by atomic mass is 9.22. The monoisotopic (exact) mass is 146 g/mol. The average molecular weight is 145 g/mol. The molecular weight excluding hydrogens is 145 g/mol. The van der Waals surface area contributed by atoms with E-state index in [0.29, 0.717) is 0 Å². The summed E-state index contributed by atoms with van der Waals surface area (Å²) in [5.41, 5.74) is 0. The molecule has 0 spiro atoms. The Morgan fingerprint density at radius 1 is 1.00 bits per heavy atom. The standard InChI is InChI=1S/C4B6O2/c5-2(6)1(11)12-4(9,10)3(2,7)8. The van der Waals surface area contributed by atoms with Crippen molar-refractivity contribution in [3.05, 3.63) is 0 Å². The molecule has 1 rings (SSSR count). The first kappa shape index (κ1) is 9.94. The number of ether oxygens (including phenoxy) is 1. The zero-order chi connectivity index (χ0) is 9.78. The molecule has 1 fully saturated rings. The molecule has 0 saturated carbocycles. The van der Waals surface area contributed by atoms with Crippen molar-refractivity contribution >= 4 is 53.0 Å². The third-order valence-corrected chi connectivity index (χ3v) is 1.93. The van der Waals surface area contributed by atoms with Crippen molar-refractivity contribution in [1.29, 1.82) is 0 Å². The van der Waals surface area contributed by atoms with E-state index < -0.39 is 21.8 Å². The molecule has 0 atom stereocenters. The number of hydrogen-bond acceptors (Lipinski definition) is 2. The second-order valence-electron chi connectivity index (χ2n) is 2.92. The topological polar surface area (TPSA) is 26.3 Å². The van der Waals surface area contributed by atoms with Crippen LogP contribution in [0.3, 0.4) is 0 Å². The molecule has 0 aliphatic carbocycles. The van der Waals surface area contributed by atoms with Crippen molar-refractivity contribution in [3.8, 4) is 0 Å². The predicted molar refractivity (Wildman–Crippen MR) is 48.7 cm³/mol. The highest BCUT2D eigenvalue weighted by Gasteiger charge is 2.57.